The lowest BCUT2D eigenvalue weighted by atomic mass is 10.1. The third kappa shape index (κ3) is 8.92. The fourth-order valence-electron chi connectivity index (χ4n) is 1.53. The molecule has 1 heterocycles. The topological polar surface area (TPSA) is 65.5 Å². The molecule has 0 aliphatic heterocycles. The Morgan fingerprint density at radius 1 is 1.29 bits per heavy atom. The molecule has 0 spiro atoms. The van der Waals surface area contributed by atoms with Gasteiger partial charge in [0.25, 0.3) is 5.91 Å². The fraction of sp³-hybridized carbons (Fsp3) is 0.571. The second kappa shape index (κ2) is 9.99. The van der Waals surface area contributed by atoms with Crippen LogP contribution in [0.3, 0.4) is 0 Å². The van der Waals surface area contributed by atoms with E-state index in [9.17, 15) is 4.79 Å². The first kappa shape index (κ1) is 20.2. The number of aliphatic imine (C=N–C) groups is 1. The number of nitrogens with one attached hydrogen (secondary N) is 3. The lowest BCUT2D eigenvalue weighted by Gasteiger charge is -2.23. The Kier molecular flexibility index (Phi) is 9.60. The number of guanidine groups is 1. The summed E-state index contributed by atoms with van der Waals surface area (Å²) in [6.07, 6.45) is 0.849. The Hall–Kier alpha value is -0.830. The van der Waals surface area contributed by atoms with Crippen LogP contribution in [0, 0.1) is 0 Å². The van der Waals surface area contributed by atoms with Crippen LogP contribution in [0.25, 0.3) is 0 Å². The molecule has 1 aromatic heterocycles. The van der Waals surface area contributed by atoms with E-state index in [2.05, 4.69) is 41.7 Å². The van der Waals surface area contributed by atoms with Crippen molar-refractivity contribution < 1.29 is 4.79 Å². The van der Waals surface area contributed by atoms with Crippen LogP contribution < -0.4 is 16.0 Å². The van der Waals surface area contributed by atoms with Crippen LogP contribution in [0.15, 0.2) is 22.5 Å². The highest BCUT2D eigenvalue weighted by atomic mass is 127. The molecule has 0 bridgehead atoms. The number of rotatable bonds is 5. The molecule has 7 heteroatoms. The number of thiophene rings is 1. The summed E-state index contributed by atoms with van der Waals surface area (Å²) in [6.45, 7) is 7.67. The van der Waals surface area contributed by atoms with Gasteiger partial charge < -0.3 is 16.0 Å². The van der Waals surface area contributed by atoms with Gasteiger partial charge in [-0.1, -0.05) is 6.07 Å². The van der Waals surface area contributed by atoms with Crippen molar-refractivity contribution in [2.24, 2.45) is 4.99 Å². The molecule has 0 fully saturated rings. The van der Waals surface area contributed by atoms with E-state index in [4.69, 9.17) is 0 Å². The molecule has 120 valence electrons. The van der Waals surface area contributed by atoms with Gasteiger partial charge in [-0.2, -0.15) is 0 Å². The van der Waals surface area contributed by atoms with Crippen LogP contribution in [-0.4, -0.2) is 37.5 Å². The van der Waals surface area contributed by atoms with E-state index in [1.165, 1.54) is 11.3 Å². The van der Waals surface area contributed by atoms with E-state index in [0.717, 1.165) is 23.8 Å². The van der Waals surface area contributed by atoms with Crippen LogP contribution >= 0.6 is 35.3 Å². The van der Waals surface area contributed by atoms with Gasteiger partial charge in [0.15, 0.2) is 5.96 Å². The number of carbonyl (C=O) groups excluding carboxylic acids is 1. The first-order valence-electron chi connectivity index (χ1n) is 6.73. The van der Waals surface area contributed by atoms with Crippen LogP contribution in [0.1, 0.15) is 36.9 Å². The predicted molar refractivity (Wildman–Crippen MR) is 101 cm³/mol. The number of halogens is 1. The van der Waals surface area contributed by atoms with Gasteiger partial charge in [-0.05, 0) is 38.6 Å². The lowest BCUT2D eigenvalue weighted by molar-refractivity contribution is 0.0957. The van der Waals surface area contributed by atoms with E-state index in [1.54, 1.807) is 7.05 Å². The maximum atomic E-state index is 11.7. The molecular weight excluding hydrogens is 399 g/mol. The molecule has 0 radical (unpaired) electrons. The minimum atomic E-state index is -0.0186. The minimum absolute atomic E-state index is 0. The first-order valence-corrected chi connectivity index (χ1v) is 7.61. The number of amides is 1. The molecule has 0 aliphatic rings. The molecule has 5 nitrogen and oxygen atoms in total. The largest absolute Gasteiger partial charge is 0.356 e. The highest BCUT2D eigenvalue weighted by Gasteiger charge is 2.11. The summed E-state index contributed by atoms with van der Waals surface area (Å²) >= 11 is 1.45. The molecule has 21 heavy (non-hydrogen) atoms. The van der Waals surface area contributed by atoms with Gasteiger partial charge in [0, 0.05) is 25.7 Å². The van der Waals surface area contributed by atoms with Gasteiger partial charge in [0.1, 0.15) is 0 Å². The second-order valence-corrected chi connectivity index (χ2v) is 6.41. The molecule has 1 rings (SSSR count). The van der Waals surface area contributed by atoms with Crippen molar-refractivity contribution in [3.8, 4) is 0 Å². The number of carbonyl (C=O) groups is 1. The van der Waals surface area contributed by atoms with Gasteiger partial charge in [-0.3, -0.25) is 9.79 Å². The molecule has 0 aromatic carbocycles. The van der Waals surface area contributed by atoms with Crippen molar-refractivity contribution in [3.63, 3.8) is 0 Å². The number of hydrogen-bond acceptors (Lipinski definition) is 3. The van der Waals surface area contributed by atoms with Gasteiger partial charge >= 0.3 is 0 Å². The monoisotopic (exact) mass is 424 g/mol. The summed E-state index contributed by atoms with van der Waals surface area (Å²) < 4.78 is 0. The van der Waals surface area contributed by atoms with Crippen LogP contribution in [0.5, 0.6) is 0 Å². The Labute approximate surface area is 148 Å². The summed E-state index contributed by atoms with van der Waals surface area (Å²) in [6, 6.07) is 3.70. The van der Waals surface area contributed by atoms with Gasteiger partial charge in [-0.25, -0.2) is 0 Å². The zero-order chi connectivity index (χ0) is 15.0. The SMILES string of the molecule is CN=C(NCCCNC(=O)c1cccs1)NC(C)(C)C.I. The Morgan fingerprint density at radius 3 is 2.48 bits per heavy atom. The summed E-state index contributed by atoms with van der Waals surface area (Å²) in [4.78, 5) is 16.6. The highest BCUT2D eigenvalue weighted by Crippen LogP contribution is 2.07. The third-order valence-corrected chi connectivity index (χ3v) is 3.26. The third-order valence-electron chi connectivity index (χ3n) is 2.39. The van der Waals surface area contributed by atoms with Crippen molar-refractivity contribution >= 4 is 47.2 Å². The number of hydrogen-bond donors (Lipinski definition) is 3. The lowest BCUT2D eigenvalue weighted by Crippen LogP contribution is -2.48. The van der Waals surface area contributed by atoms with E-state index in [0.29, 0.717) is 6.54 Å². The van der Waals surface area contributed by atoms with Crippen molar-refractivity contribution in [3.05, 3.63) is 22.4 Å². The van der Waals surface area contributed by atoms with Crippen LogP contribution in [-0.2, 0) is 0 Å². The molecule has 0 saturated heterocycles. The quantitative estimate of drug-likeness (QED) is 0.295. The summed E-state index contributed by atoms with van der Waals surface area (Å²) in [5.74, 6) is 0.777. The van der Waals surface area contributed by atoms with Crippen molar-refractivity contribution in [2.75, 3.05) is 20.1 Å². The molecule has 0 unspecified atom stereocenters. The van der Waals surface area contributed by atoms with Gasteiger partial charge in [0.05, 0.1) is 4.88 Å². The summed E-state index contributed by atoms with van der Waals surface area (Å²) in [5.41, 5.74) is -0.0186. The second-order valence-electron chi connectivity index (χ2n) is 5.46. The van der Waals surface area contributed by atoms with E-state index < -0.39 is 0 Å². The first-order chi connectivity index (χ1) is 9.42. The minimum Gasteiger partial charge on any atom is -0.356 e. The average molecular weight is 424 g/mol. The maximum absolute atomic E-state index is 11.7. The fourth-order valence-corrected chi connectivity index (χ4v) is 2.17. The molecule has 0 saturated carbocycles. The molecule has 0 aliphatic carbocycles. The summed E-state index contributed by atoms with van der Waals surface area (Å²) in [7, 11) is 1.75. The van der Waals surface area contributed by atoms with E-state index >= 15 is 0 Å². The molecule has 3 N–H and O–H groups in total. The molecule has 1 aromatic rings. The van der Waals surface area contributed by atoms with Crippen LogP contribution in [0.4, 0.5) is 0 Å². The zero-order valence-electron chi connectivity index (χ0n) is 13.0. The van der Waals surface area contributed by atoms with Crippen LogP contribution in [0.2, 0.25) is 0 Å². The van der Waals surface area contributed by atoms with E-state index in [-0.39, 0.29) is 35.4 Å². The Morgan fingerprint density at radius 2 is 1.95 bits per heavy atom. The average Bonchev–Trinajstić information content (AvgIpc) is 2.89. The van der Waals surface area contributed by atoms with Gasteiger partial charge in [-0.15, -0.1) is 35.3 Å². The molecule has 1 amide bonds. The van der Waals surface area contributed by atoms with Crippen molar-refractivity contribution in [1.82, 2.24) is 16.0 Å². The smallest absolute Gasteiger partial charge is 0.261 e. The standard InChI is InChI=1S/C14H24N4OS.HI/c1-14(2,3)18-13(15-4)17-9-6-8-16-12(19)11-7-5-10-20-11;/h5,7,10H,6,8-9H2,1-4H3,(H,16,19)(H2,15,17,18);1H. The van der Waals surface area contributed by atoms with E-state index in [1.807, 2.05) is 17.5 Å². The Balaban J connectivity index is 0.00000400. The normalized spacial score (nSPS) is 11.5. The van der Waals surface area contributed by atoms with Crippen molar-refractivity contribution in [2.45, 2.75) is 32.7 Å². The zero-order valence-corrected chi connectivity index (χ0v) is 16.2. The molecule has 0 atom stereocenters. The van der Waals surface area contributed by atoms with Gasteiger partial charge in [0.2, 0.25) is 0 Å². The predicted octanol–water partition coefficient (Wildman–Crippen LogP) is 2.45. The number of nitrogens with zero attached hydrogens (tertiary/aromatic N) is 1. The van der Waals surface area contributed by atoms with Crippen molar-refractivity contribution in [1.29, 1.82) is 0 Å². The highest BCUT2D eigenvalue weighted by molar-refractivity contribution is 14.0. The molecular formula is C14H25IN4OS. The Bertz CT molecular complexity index is 440. The maximum Gasteiger partial charge on any atom is 0.261 e. The summed E-state index contributed by atoms with van der Waals surface area (Å²) in [5, 5.41) is 11.3.